The first kappa shape index (κ1) is 15.9. The summed E-state index contributed by atoms with van der Waals surface area (Å²) < 4.78 is 0. The van der Waals surface area contributed by atoms with Crippen LogP contribution in [0.15, 0.2) is 41.2 Å². The van der Waals surface area contributed by atoms with E-state index in [0.29, 0.717) is 6.54 Å². The summed E-state index contributed by atoms with van der Waals surface area (Å²) in [6.45, 7) is 6.99. The number of benzene rings is 1. The van der Waals surface area contributed by atoms with Gasteiger partial charge in [0.1, 0.15) is 5.69 Å². The number of aromatic amines is 1. The van der Waals surface area contributed by atoms with Crippen LogP contribution in [0.5, 0.6) is 0 Å². The molecule has 1 aromatic heterocycles. The summed E-state index contributed by atoms with van der Waals surface area (Å²) in [5.41, 5.74) is 2.33. The molecular weight excluding hydrogens is 278 g/mol. The van der Waals surface area contributed by atoms with E-state index < -0.39 is 0 Å². The number of amides is 1. The van der Waals surface area contributed by atoms with Crippen molar-refractivity contribution in [3.05, 3.63) is 63.6 Å². The molecule has 0 aliphatic heterocycles. The van der Waals surface area contributed by atoms with Crippen LogP contribution in [0.3, 0.4) is 0 Å². The molecule has 1 heterocycles. The summed E-state index contributed by atoms with van der Waals surface area (Å²) in [7, 11) is 1.72. The first-order chi connectivity index (χ1) is 10.3. The first-order valence-corrected chi connectivity index (χ1v) is 7.18. The maximum Gasteiger partial charge on any atom is 0.274 e. The van der Waals surface area contributed by atoms with E-state index in [9.17, 15) is 9.59 Å². The van der Waals surface area contributed by atoms with Crippen LogP contribution in [0.4, 0.5) is 0 Å². The molecule has 0 bridgehead atoms. The summed E-state index contributed by atoms with van der Waals surface area (Å²) >= 11 is 0. The molecule has 0 aliphatic rings. The van der Waals surface area contributed by atoms with Crippen molar-refractivity contribution in [1.29, 1.82) is 0 Å². The third kappa shape index (κ3) is 3.81. The largest absolute Gasteiger partial charge is 0.336 e. The predicted molar refractivity (Wildman–Crippen MR) is 85.8 cm³/mol. The van der Waals surface area contributed by atoms with E-state index in [2.05, 4.69) is 43.1 Å². The van der Waals surface area contributed by atoms with Gasteiger partial charge in [-0.15, -0.1) is 0 Å². The van der Waals surface area contributed by atoms with Crippen LogP contribution in [-0.2, 0) is 12.0 Å². The smallest absolute Gasteiger partial charge is 0.274 e. The summed E-state index contributed by atoms with van der Waals surface area (Å²) in [5, 5.41) is 6.03. The number of nitrogens with one attached hydrogen (secondary N) is 1. The van der Waals surface area contributed by atoms with E-state index in [0.717, 1.165) is 5.56 Å². The molecule has 0 radical (unpaired) electrons. The van der Waals surface area contributed by atoms with Crippen LogP contribution < -0.4 is 5.56 Å². The maximum absolute atomic E-state index is 12.2. The Kier molecular flexibility index (Phi) is 4.45. The van der Waals surface area contributed by atoms with Gasteiger partial charge in [-0.2, -0.15) is 5.10 Å². The highest BCUT2D eigenvalue weighted by atomic mass is 16.2. The molecule has 2 aromatic rings. The standard InChI is InChI=1S/C17H21N3O2/c1-17(2,3)13-7-5-12(6-8-13)11-20(4)16(22)14-9-10-15(21)19-18-14/h5-10H,11H2,1-4H3,(H,19,21). The minimum atomic E-state index is -0.322. The highest BCUT2D eigenvalue weighted by Gasteiger charge is 2.15. The number of carbonyl (C=O) groups is 1. The molecule has 22 heavy (non-hydrogen) atoms. The van der Waals surface area contributed by atoms with Gasteiger partial charge in [0.2, 0.25) is 0 Å². The van der Waals surface area contributed by atoms with E-state index in [-0.39, 0.29) is 22.6 Å². The molecule has 0 atom stereocenters. The Bertz CT molecular complexity index is 691. The summed E-state index contributed by atoms with van der Waals surface area (Å²) in [6.07, 6.45) is 0. The van der Waals surface area contributed by atoms with Crippen molar-refractivity contribution in [1.82, 2.24) is 15.1 Å². The molecule has 1 amide bonds. The number of nitrogens with zero attached hydrogens (tertiary/aromatic N) is 2. The summed E-state index contributed by atoms with van der Waals surface area (Å²) in [4.78, 5) is 24.8. The summed E-state index contributed by atoms with van der Waals surface area (Å²) in [5.74, 6) is -0.226. The van der Waals surface area contributed by atoms with Gasteiger partial charge < -0.3 is 4.90 Å². The zero-order valence-electron chi connectivity index (χ0n) is 13.4. The van der Waals surface area contributed by atoms with Crippen LogP contribution >= 0.6 is 0 Å². The number of aromatic nitrogens is 2. The molecule has 0 spiro atoms. The molecular formula is C17H21N3O2. The Hall–Kier alpha value is -2.43. The van der Waals surface area contributed by atoms with Crippen molar-refractivity contribution in [3.8, 4) is 0 Å². The number of hydrogen-bond acceptors (Lipinski definition) is 3. The molecule has 0 unspecified atom stereocenters. The van der Waals surface area contributed by atoms with Crippen LogP contribution in [0, 0.1) is 0 Å². The lowest BCUT2D eigenvalue weighted by molar-refractivity contribution is 0.0778. The molecule has 5 nitrogen and oxygen atoms in total. The molecule has 116 valence electrons. The van der Waals surface area contributed by atoms with Crippen LogP contribution in [0.1, 0.15) is 42.4 Å². The Morgan fingerprint density at radius 3 is 2.27 bits per heavy atom. The normalized spacial score (nSPS) is 11.3. The minimum absolute atomic E-state index is 0.111. The average molecular weight is 299 g/mol. The molecule has 0 aliphatic carbocycles. The van der Waals surface area contributed by atoms with E-state index in [1.807, 2.05) is 12.1 Å². The molecule has 2 rings (SSSR count). The number of H-pyrrole nitrogens is 1. The number of rotatable bonds is 3. The fraction of sp³-hybridized carbons (Fsp3) is 0.353. The summed E-state index contributed by atoms with van der Waals surface area (Å²) in [6, 6.07) is 11.0. The molecule has 1 N–H and O–H groups in total. The van der Waals surface area contributed by atoms with Gasteiger partial charge >= 0.3 is 0 Å². The maximum atomic E-state index is 12.2. The highest BCUT2D eigenvalue weighted by molar-refractivity contribution is 5.91. The van der Waals surface area contributed by atoms with Crippen molar-refractivity contribution in [2.45, 2.75) is 32.7 Å². The van der Waals surface area contributed by atoms with Gasteiger partial charge in [-0.25, -0.2) is 5.10 Å². The van der Waals surface area contributed by atoms with Gasteiger partial charge in [-0.05, 0) is 22.6 Å². The van der Waals surface area contributed by atoms with Crippen molar-refractivity contribution in [3.63, 3.8) is 0 Å². The van der Waals surface area contributed by atoms with E-state index in [1.165, 1.54) is 17.7 Å². The first-order valence-electron chi connectivity index (χ1n) is 7.18. The SMILES string of the molecule is CN(Cc1ccc(C(C)(C)C)cc1)C(=O)c1ccc(=O)[nH]n1. The van der Waals surface area contributed by atoms with E-state index in [4.69, 9.17) is 0 Å². The van der Waals surface area contributed by atoms with Gasteiger partial charge in [0.15, 0.2) is 0 Å². The lowest BCUT2D eigenvalue weighted by Gasteiger charge is -2.20. The van der Waals surface area contributed by atoms with Gasteiger partial charge in [0.05, 0.1) is 0 Å². The Labute approximate surface area is 130 Å². The van der Waals surface area contributed by atoms with Crippen LogP contribution in [0.2, 0.25) is 0 Å². The van der Waals surface area contributed by atoms with Crippen LogP contribution in [-0.4, -0.2) is 28.1 Å². The zero-order valence-corrected chi connectivity index (χ0v) is 13.4. The van der Waals surface area contributed by atoms with Crippen molar-refractivity contribution < 1.29 is 4.79 Å². The van der Waals surface area contributed by atoms with Gasteiger partial charge in [0.25, 0.3) is 11.5 Å². The highest BCUT2D eigenvalue weighted by Crippen LogP contribution is 2.22. The average Bonchev–Trinajstić information content (AvgIpc) is 2.47. The van der Waals surface area contributed by atoms with E-state index >= 15 is 0 Å². The predicted octanol–water partition coefficient (Wildman–Crippen LogP) is 2.34. The third-order valence-corrected chi connectivity index (χ3v) is 3.48. The van der Waals surface area contributed by atoms with Gasteiger partial charge in [-0.3, -0.25) is 9.59 Å². The second kappa shape index (κ2) is 6.13. The van der Waals surface area contributed by atoms with Crippen molar-refractivity contribution in [2.24, 2.45) is 0 Å². The molecule has 0 saturated heterocycles. The molecule has 1 aromatic carbocycles. The fourth-order valence-corrected chi connectivity index (χ4v) is 2.11. The third-order valence-electron chi connectivity index (χ3n) is 3.48. The molecule has 0 saturated carbocycles. The minimum Gasteiger partial charge on any atom is -0.336 e. The Morgan fingerprint density at radius 1 is 1.14 bits per heavy atom. The van der Waals surface area contributed by atoms with E-state index in [1.54, 1.807) is 11.9 Å². The monoisotopic (exact) mass is 299 g/mol. The lowest BCUT2D eigenvalue weighted by Crippen LogP contribution is -2.28. The lowest BCUT2D eigenvalue weighted by atomic mass is 9.87. The number of carbonyl (C=O) groups excluding carboxylic acids is 1. The van der Waals surface area contributed by atoms with Gasteiger partial charge in [-0.1, -0.05) is 45.0 Å². The topological polar surface area (TPSA) is 66.1 Å². The molecule has 5 heteroatoms. The van der Waals surface area contributed by atoms with Crippen LogP contribution in [0.25, 0.3) is 0 Å². The Balaban J connectivity index is 2.08. The van der Waals surface area contributed by atoms with Crippen molar-refractivity contribution >= 4 is 5.91 Å². The zero-order chi connectivity index (χ0) is 16.3. The number of hydrogen-bond donors (Lipinski definition) is 1. The molecule has 0 fully saturated rings. The quantitative estimate of drug-likeness (QED) is 0.946. The van der Waals surface area contributed by atoms with Crippen molar-refractivity contribution in [2.75, 3.05) is 7.05 Å². The van der Waals surface area contributed by atoms with Gasteiger partial charge in [0, 0.05) is 19.7 Å². The second-order valence-electron chi connectivity index (χ2n) is 6.41. The fourth-order valence-electron chi connectivity index (χ4n) is 2.11. The Morgan fingerprint density at radius 2 is 1.77 bits per heavy atom. The second-order valence-corrected chi connectivity index (χ2v) is 6.41.